The minimum Gasteiger partial charge on any atom is -0.493 e. The summed E-state index contributed by atoms with van der Waals surface area (Å²) in [4.78, 5) is 38.7. The Morgan fingerprint density at radius 1 is 1.19 bits per heavy atom. The third kappa shape index (κ3) is 5.31. The third-order valence-electron chi connectivity index (χ3n) is 4.63. The molecule has 0 unspecified atom stereocenters. The van der Waals surface area contributed by atoms with Crippen LogP contribution in [0.1, 0.15) is 16.7 Å². The van der Waals surface area contributed by atoms with Crippen LogP contribution < -0.4 is 14.8 Å². The predicted octanol–water partition coefficient (Wildman–Crippen LogP) is 4.00. The van der Waals surface area contributed by atoms with E-state index in [2.05, 4.69) is 11.2 Å². The van der Waals surface area contributed by atoms with Crippen LogP contribution in [0.25, 0.3) is 6.08 Å². The first-order chi connectivity index (χ1) is 15.3. The molecule has 7 nitrogen and oxygen atoms in total. The van der Waals surface area contributed by atoms with Crippen LogP contribution in [0.2, 0.25) is 0 Å². The zero-order valence-electron chi connectivity index (χ0n) is 17.9. The minimum absolute atomic E-state index is 0.0960. The summed E-state index contributed by atoms with van der Waals surface area (Å²) in [5, 5.41) is 2.25. The van der Waals surface area contributed by atoms with Crippen molar-refractivity contribution in [1.82, 2.24) is 4.90 Å². The van der Waals surface area contributed by atoms with Crippen molar-refractivity contribution >= 4 is 40.6 Å². The summed E-state index contributed by atoms with van der Waals surface area (Å²) in [5.74, 6) is 2.32. The van der Waals surface area contributed by atoms with Crippen LogP contribution in [0.5, 0.6) is 11.5 Å². The molecule has 3 rings (SSSR count). The first-order valence-corrected chi connectivity index (χ1v) is 10.5. The van der Waals surface area contributed by atoms with Gasteiger partial charge in [0.2, 0.25) is 5.91 Å². The topological polar surface area (TPSA) is 84.9 Å². The van der Waals surface area contributed by atoms with Gasteiger partial charge in [0, 0.05) is 5.69 Å². The number of methoxy groups -OCH3 is 1. The van der Waals surface area contributed by atoms with Gasteiger partial charge in [-0.25, -0.2) is 0 Å². The first kappa shape index (κ1) is 23.0. The van der Waals surface area contributed by atoms with Gasteiger partial charge >= 0.3 is 0 Å². The van der Waals surface area contributed by atoms with Crippen molar-refractivity contribution in [3.05, 3.63) is 58.0 Å². The number of hydrogen-bond donors (Lipinski definition) is 1. The Hall–Kier alpha value is -3.70. The summed E-state index contributed by atoms with van der Waals surface area (Å²) in [7, 11) is 1.49. The summed E-state index contributed by atoms with van der Waals surface area (Å²) in [6, 6.07) is 10.7. The number of aryl methyl sites for hydroxylation is 2. The number of ether oxygens (including phenoxy) is 2. The van der Waals surface area contributed by atoms with E-state index in [9.17, 15) is 14.4 Å². The Morgan fingerprint density at radius 3 is 2.66 bits per heavy atom. The van der Waals surface area contributed by atoms with E-state index in [1.807, 2.05) is 26.0 Å². The van der Waals surface area contributed by atoms with Gasteiger partial charge in [0.1, 0.15) is 13.2 Å². The molecule has 0 bridgehead atoms. The SMILES string of the molecule is C#CCOc1ccc(/C=C2\SC(=O)N(CC(=O)Nc3ccc(C)cc3C)C2=O)cc1OC. The van der Waals surface area contributed by atoms with Crippen molar-refractivity contribution in [2.45, 2.75) is 13.8 Å². The fourth-order valence-corrected chi connectivity index (χ4v) is 3.93. The molecule has 1 saturated heterocycles. The Kier molecular flexibility index (Phi) is 7.23. The number of hydrogen-bond acceptors (Lipinski definition) is 6. The molecule has 0 aromatic heterocycles. The van der Waals surface area contributed by atoms with E-state index in [0.29, 0.717) is 22.7 Å². The fourth-order valence-electron chi connectivity index (χ4n) is 3.09. The number of terminal acetylenes is 1. The van der Waals surface area contributed by atoms with Crippen molar-refractivity contribution in [2.24, 2.45) is 0 Å². The molecular weight excluding hydrogens is 428 g/mol. The van der Waals surface area contributed by atoms with E-state index in [-0.39, 0.29) is 18.1 Å². The van der Waals surface area contributed by atoms with Crippen LogP contribution in [0.4, 0.5) is 10.5 Å². The number of carbonyl (C=O) groups is 3. The normalized spacial score (nSPS) is 14.4. The summed E-state index contributed by atoms with van der Waals surface area (Å²) >= 11 is 0.782. The third-order valence-corrected chi connectivity index (χ3v) is 5.54. The molecule has 3 amide bonds. The summed E-state index contributed by atoms with van der Waals surface area (Å²) in [5.41, 5.74) is 3.25. The fraction of sp³-hybridized carbons (Fsp3) is 0.208. The van der Waals surface area contributed by atoms with Crippen LogP contribution in [0, 0.1) is 26.2 Å². The molecule has 0 aliphatic carbocycles. The molecule has 2 aromatic carbocycles. The van der Waals surface area contributed by atoms with Crippen molar-refractivity contribution in [3.8, 4) is 23.8 Å². The molecule has 2 aromatic rings. The number of nitrogens with one attached hydrogen (secondary N) is 1. The molecule has 0 saturated carbocycles. The van der Waals surface area contributed by atoms with Gasteiger partial charge in [-0.15, -0.1) is 6.42 Å². The lowest BCUT2D eigenvalue weighted by atomic mass is 10.1. The van der Waals surface area contributed by atoms with E-state index >= 15 is 0 Å². The molecule has 1 aliphatic rings. The first-order valence-electron chi connectivity index (χ1n) is 9.69. The number of benzene rings is 2. The molecule has 1 aliphatic heterocycles. The molecule has 164 valence electrons. The molecular formula is C24H22N2O5S. The smallest absolute Gasteiger partial charge is 0.294 e. The summed E-state index contributed by atoms with van der Waals surface area (Å²) in [6.07, 6.45) is 6.78. The molecule has 1 N–H and O–H groups in total. The Bertz CT molecular complexity index is 1150. The molecule has 32 heavy (non-hydrogen) atoms. The predicted molar refractivity (Wildman–Crippen MR) is 125 cm³/mol. The van der Waals surface area contributed by atoms with Crippen LogP contribution in [-0.2, 0) is 9.59 Å². The van der Waals surface area contributed by atoms with Crippen molar-refractivity contribution < 1.29 is 23.9 Å². The molecule has 0 radical (unpaired) electrons. The largest absolute Gasteiger partial charge is 0.493 e. The van der Waals surface area contributed by atoms with E-state index in [1.54, 1.807) is 30.3 Å². The highest BCUT2D eigenvalue weighted by Gasteiger charge is 2.36. The maximum absolute atomic E-state index is 12.7. The van der Waals surface area contributed by atoms with Crippen LogP contribution in [0.15, 0.2) is 41.3 Å². The Labute approximate surface area is 190 Å². The van der Waals surface area contributed by atoms with Gasteiger partial charge in [0.25, 0.3) is 11.1 Å². The average molecular weight is 451 g/mol. The van der Waals surface area contributed by atoms with Gasteiger partial charge in [-0.3, -0.25) is 19.3 Å². The van der Waals surface area contributed by atoms with Crippen molar-refractivity contribution in [3.63, 3.8) is 0 Å². The van der Waals surface area contributed by atoms with Gasteiger partial charge in [0.05, 0.1) is 12.0 Å². The quantitative estimate of drug-likeness (QED) is 0.507. The zero-order valence-corrected chi connectivity index (χ0v) is 18.7. The second-order valence-electron chi connectivity index (χ2n) is 7.04. The molecule has 8 heteroatoms. The lowest BCUT2D eigenvalue weighted by Gasteiger charge is -2.14. The van der Waals surface area contributed by atoms with E-state index < -0.39 is 17.1 Å². The summed E-state index contributed by atoms with van der Waals surface area (Å²) in [6.45, 7) is 3.57. The highest BCUT2D eigenvalue weighted by Crippen LogP contribution is 2.34. The molecule has 0 atom stereocenters. The highest BCUT2D eigenvalue weighted by atomic mass is 32.2. The van der Waals surface area contributed by atoms with Crippen LogP contribution in [-0.4, -0.2) is 42.2 Å². The van der Waals surface area contributed by atoms with E-state index in [0.717, 1.165) is 27.8 Å². The lowest BCUT2D eigenvalue weighted by Crippen LogP contribution is -2.36. The monoisotopic (exact) mass is 450 g/mol. The van der Waals surface area contributed by atoms with E-state index in [4.69, 9.17) is 15.9 Å². The van der Waals surface area contributed by atoms with Crippen molar-refractivity contribution in [1.29, 1.82) is 0 Å². The van der Waals surface area contributed by atoms with Gasteiger partial charge < -0.3 is 14.8 Å². The van der Waals surface area contributed by atoms with Gasteiger partial charge in [-0.1, -0.05) is 29.7 Å². The lowest BCUT2D eigenvalue weighted by molar-refractivity contribution is -0.127. The molecule has 1 heterocycles. The maximum atomic E-state index is 12.7. The van der Waals surface area contributed by atoms with Gasteiger partial charge in [-0.2, -0.15) is 0 Å². The number of imide groups is 1. The second-order valence-corrected chi connectivity index (χ2v) is 8.03. The molecule has 1 fully saturated rings. The average Bonchev–Trinajstić information content (AvgIpc) is 3.02. The number of nitrogens with zero attached hydrogens (tertiary/aromatic N) is 1. The van der Waals surface area contributed by atoms with E-state index in [1.165, 1.54) is 7.11 Å². The van der Waals surface area contributed by atoms with Gasteiger partial charge in [0.15, 0.2) is 11.5 Å². The summed E-state index contributed by atoms with van der Waals surface area (Å²) < 4.78 is 10.7. The second kappa shape index (κ2) is 10.1. The highest BCUT2D eigenvalue weighted by molar-refractivity contribution is 8.18. The standard InChI is InChI=1S/C24H22N2O5S/c1-5-10-31-19-9-7-17(12-20(19)30-4)13-21-23(28)26(24(29)32-21)14-22(27)25-18-8-6-15(2)11-16(18)3/h1,6-9,11-13H,10,14H2,2-4H3,(H,25,27)/b21-13-. The van der Waals surface area contributed by atoms with Gasteiger partial charge in [-0.05, 0) is 61.0 Å². The minimum atomic E-state index is -0.526. The number of rotatable bonds is 7. The zero-order chi connectivity index (χ0) is 23.3. The number of anilines is 1. The maximum Gasteiger partial charge on any atom is 0.294 e. The Balaban J connectivity index is 1.72. The Morgan fingerprint density at radius 2 is 1.97 bits per heavy atom. The van der Waals surface area contributed by atoms with Crippen LogP contribution >= 0.6 is 11.8 Å². The van der Waals surface area contributed by atoms with Crippen LogP contribution in [0.3, 0.4) is 0 Å². The number of thioether (sulfide) groups is 1. The number of carbonyl (C=O) groups excluding carboxylic acids is 3. The number of amides is 3. The molecule has 0 spiro atoms. The van der Waals surface area contributed by atoms with Crippen molar-refractivity contribution in [2.75, 3.05) is 25.6 Å².